The molecule has 2 aromatic carbocycles. The number of amides is 1. The summed E-state index contributed by atoms with van der Waals surface area (Å²) in [6, 6.07) is 10.3. The van der Waals surface area contributed by atoms with Gasteiger partial charge in [0.15, 0.2) is 11.3 Å². The van der Waals surface area contributed by atoms with Crippen LogP contribution in [-0.4, -0.2) is 13.0 Å². The van der Waals surface area contributed by atoms with E-state index in [1.54, 1.807) is 18.2 Å². The first-order chi connectivity index (χ1) is 12.3. The summed E-state index contributed by atoms with van der Waals surface area (Å²) in [4.78, 5) is 24.4. The minimum Gasteiger partial charge on any atom is -0.493 e. The molecule has 0 atom stereocenters. The number of hydrogen-bond donors (Lipinski definition) is 1. The zero-order valence-corrected chi connectivity index (χ0v) is 13.4. The average molecular weight is 363 g/mol. The number of nitrogens with one attached hydrogen (secondary N) is 1. The largest absolute Gasteiger partial charge is 0.493 e. The van der Waals surface area contributed by atoms with E-state index >= 15 is 0 Å². The molecule has 0 fully saturated rings. The molecule has 0 bridgehead atoms. The molecule has 3 rings (SSSR count). The van der Waals surface area contributed by atoms with Gasteiger partial charge >= 0.3 is 11.8 Å². The minimum absolute atomic E-state index is 0.0880. The van der Waals surface area contributed by atoms with E-state index in [-0.39, 0.29) is 16.8 Å². The lowest BCUT2D eigenvalue weighted by Crippen LogP contribution is -2.21. The van der Waals surface area contributed by atoms with E-state index in [1.165, 1.54) is 19.2 Å². The first-order valence-electron chi connectivity index (χ1n) is 7.39. The quantitative estimate of drug-likeness (QED) is 0.712. The summed E-state index contributed by atoms with van der Waals surface area (Å²) in [5, 5.41) is 2.72. The third-order valence-corrected chi connectivity index (χ3v) is 3.64. The molecule has 1 N–H and O–H groups in total. The first kappa shape index (κ1) is 17.5. The summed E-state index contributed by atoms with van der Waals surface area (Å²) >= 11 is 0. The lowest BCUT2D eigenvalue weighted by atomic mass is 10.1. The van der Waals surface area contributed by atoms with Gasteiger partial charge in [0.2, 0.25) is 0 Å². The Hall–Kier alpha value is -3.29. The summed E-state index contributed by atoms with van der Waals surface area (Å²) in [6.45, 7) is 0. The molecule has 1 amide bonds. The third-order valence-electron chi connectivity index (χ3n) is 3.64. The molecule has 0 radical (unpaired) electrons. The zero-order valence-electron chi connectivity index (χ0n) is 13.4. The van der Waals surface area contributed by atoms with E-state index in [0.29, 0.717) is 11.1 Å². The van der Waals surface area contributed by atoms with Crippen molar-refractivity contribution in [1.29, 1.82) is 0 Å². The third kappa shape index (κ3) is 3.39. The summed E-state index contributed by atoms with van der Waals surface area (Å²) < 4.78 is 48.5. The van der Waals surface area contributed by atoms with Crippen molar-refractivity contribution in [2.75, 3.05) is 12.4 Å². The first-order valence-corrected chi connectivity index (χ1v) is 7.39. The van der Waals surface area contributed by atoms with Gasteiger partial charge in [-0.15, -0.1) is 0 Å². The predicted octanol–water partition coefficient (Wildman–Crippen LogP) is 4.07. The predicted molar refractivity (Wildman–Crippen MR) is 88.4 cm³/mol. The SMILES string of the molecule is COc1cccc2cc(C(=O)Nc3cccc(C(F)(F)F)c3)c(=O)oc12. The standard InChI is InChI=1S/C18H12F3NO4/c1-25-14-7-2-4-10-8-13(17(24)26-15(10)14)16(23)22-12-6-3-5-11(9-12)18(19,20)21/h2-9H,1H3,(H,22,23). The topological polar surface area (TPSA) is 68.5 Å². The normalized spacial score (nSPS) is 11.4. The van der Waals surface area contributed by atoms with Crippen LogP contribution in [-0.2, 0) is 6.18 Å². The Morgan fingerprint density at radius 2 is 1.85 bits per heavy atom. The molecule has 0 saturated heterocycles. The molecule has 3 aromatic rings. The van der Waals surface area contributed by atoms with Gasteiger partial charge in [0.25, 0.3) is 5.91 Å². The number of hydrogen-bond acceptors (Lipinski definition) is 4. The van der Waals surface area contributed by atoms with E-state index in [2.05, 4.69) is 5.32 Å². The molecule has 0 spiro atoms. The van der Waals surface area contributed by atoms with Crippen LogP contribution in [0.3, 0.4) is 0 Å². The minimum atomic E-state index is -4.54. The number of rotatable bonds is 3. The molecular weight excluding hydrogens is 351 g/mol. The lowest BCUT2D eigenvalue weighted by Gasteiger charge is -2.10. The van der Waals surface area contributed by atoms with Gasteiger partial charge in [-0.25, -0.2) is 4.79 Å². The Morgan fingerprint density at radius 1 is 1.12 bits per heavy atom. The van der Waals surface area contributed by atoms with Crippen molar-refractivity contribution in [3.63, 3.8) is 0 Å². The highest BCUT2D eigenvalue weighted by Crippen LogP contribution is 2.31. The number of halogens is 3. The van der Waals surface area contributed by atoms with Crippen LogP contribution in [0.5, 0.6) is 5.75 Å². The van der Waals surface area contributed by atoms with Crippen molar-refractivity contribution in [1.82, 2.24) is 0 Å². The van der Waals surface area contributed by atoms with Gasteiger partial charge in [0.1, 0.15) is 5.56 Å². The number of alkyl halides is 3. The number of methoxy groups -OCH3 is 1. The summed E-state index contributed by atoms with van der Waals surface area (Å²) in [7, 11) is 1.41. The van der Waals surface area contributed by atoms with Crippen molar-refractivity contribution < 1.29 is 27.1 Å². The summed E-state index contributed by atoms with van der Waals surface area (Å²) in [5.41, 5.74) is -2.08. The van der Waals surface area contributed by atoms with Crippen LogP contribution >= 0.6 is 0 Å². The summed E-state index contributed by atoms with van der Waals surface area (Å²) in [5.74, 6) is -0.549. The number of carbonyl (C=O) groups excluding carboxylic acids is 1. The van der Waals surface area contributed by atoms with Crippen LogP contribution in [0, 0.1) is 0 Å². The molecule has 0 saturated carbocycles. The van der Waals surface area contributed by atoms with Crippen molar-refractivity contribution in [2.45, 2.75) is 6.18 Å². The highest BCUT2D eigenvalue weighted by Gasteiger charge is 2.30. The van der Waals surface area contributed by atoms with Crippen molar-refractivity contribution in [2.24, 2.45) is 0 Å². The average Bonchev–Trinajstić information content (AvgIpc) is 2.60. The lowest BCUT2D eigenvalue weighted by molar-refractivity contribution is -0.137. The fourth-order valence-electron chi connectivity index (χ4n) is 2.41. The number of anilines is 1. The fraction of sp³-hybridized carbons (Fsp3) is 0.111. The smallest absolute Gasteiger partial charge is 0.416 e. The maximum absolute atomic E-state index is 12.7. The van der Waals surface area contributed by atoms with Gasteiger partial charge in [0, 0.05) is 11.1 Å². The van der Waals surface area contributed by atoms with Crippen LogP contribution in [0.2, 0.25) is 0 Å². The molecule has 0 aliphatic rings. The van der Waals surface area contributed by atoms with Crippen LogP contribution < -0.4 is 15.7 Å². The monoisotopic (exact) mass is 363 g/mol. The molecule has 134 valence electrons. The Labute approximate surface area is 145 Å². The number of para-hydroxylation sites is 1. The van der Waals surface area contributed by atoms with Gasteiger partial charge in [-0.3, -0.25) is 4.79 Å². The maximum atomic E-state index is 12.7. The Kier molecular flexibility index (Phi) is 4.41. The van der Waals surface area contributed by atoms with Crippen LogP contribution in [0.25, 0.3) is 11.0 Å². The van der Waals surface area contributed by atoms with Gasteiger partial charge in [0.05, 0.1) is 12.7 Å². The van der Waals surface area contributed by atoms with Gasteiger partial charge in [-0.05, 0) is 30.3 Å². The molecule has 1 heterocycles. The number of benzene rings is 2. The molecule has 5 nitrogen and oxygen atoms in total. The molecule has 26 heavy (non-hydrogen) atoms. The second kappa shape index (κ2) is 6.55. The van der Waals surface area contributed by atoms with Gasteiger partial charge in [-0.2, -0.15) is 13.2 Å². The molecule has 8 heteroatoms. The van der Waals surface area contributed by atoms with E-state index in [4.69, 9.17) is 9.15 Å². The van der Waals surface area contributed by atoms with Gasteiger partial charge in [-0.1, -0.05) is 18.2 Å². The van der Waals surface area contributed by atoms with E-state index in [0.717, 1.165) is 18.2 Å². The zero-order chi connectivity index (χ0) is 18.9. The molecule has 0 unspecified atom stereocenters. The number of carbonyl (C=O) groups is 1. The Bertz CT molecular complexity index is 1040. The van der Waals surface area contributed by atoms with Crippen molar-refractivity contribution >= 4 is 22.6 Å². The fourth-order valence-corrected chi connectivity index (χ4v) is 2.41. The Balaban J connectivity index is 1.96. The van der Waals surface area contributed by atoms with Crippen molar-refractivity contribution in [3.8, 4) is 5.75 Å². The summed E-state index contributed by atoms with van der Waals surface area (Å²) in [6.07, 6.45) is -4.54. The Morgan fingerprint density at radius 3 is 2.54 bits per heavy atom. The van der Waals surface area contributed by atoms with Crippen LogP contribution in [0.15, 0.2) is 57.7 Å². The number of ether oxygens (including phenoxy) is 1. The molecule has 0 aliphatic carbocycles. The van der Waals surface area contributed by atoms with Gasteiger partial charge < -0.3 is 14.5 Å². The second-order valence-electron chi connectivity index (χ2n) is 5.36. The molecule has 1 aromatic heterocycles. The molecular formula is C18H12F3NO4. The van der Waals surface area contributed by atoms with E-state index in [9.17, 15) is 22.8 Å². The van der Waals surface area contributed by atoms with E-state index in [1.807, 2.05) is 0 Å². The van der Waals surface area contributed by atoms with Crippen molar-refractivity contribution in [3.05, 3.63) is 70.1 Å². The number of fused-ring (bicyclic) bond motifs is 1. The maximum Gasteiger partial charge on any atom is 0.416 e. The van der Waals surface area contributed by atoms with E-state index < -0.39 is 23.3 Å². The van der Waals surface area contributed by atoms with Crippen LogP contribution in [0.4, 0.5) is 18.9 Å². The van der Waals surface area contributed by atoms with Crippen LogP contribution in [0.1, 0.15) is 15.9 Å². The highest BCUT2D eigenvalue weighted by atomic mass is 19.4. The second-order valence-corrected chi connectivity index (χ2v) is 5.36. The highest BCUT2D eigenvalue weighted by molar-refractivity contribution is 6.05. The molecule has 0 aliphatic heterocycles.